The van der Waals surface area contributed by atoms with Gasteiger partial charge < -0.3 is 18.8 Å². The first-order valence-electron chi connectivity index (χ1n) is 10.3. The van der Waals surface area contributed by atoms with Crippen LogP contribution in [0.5, 0.6) is 0 Å². The number of quaternary nitrogens is 1. The average molecular weight is 402 g/mol. The van der Waals surface area contributed by atoms with Crippen molar-refractivity contribution in [3.8, 4) is 0 Å². The Morgan fingerprint density at radius 3 is 1.96 bits per heavy atom. The third-order valence-corrected chi connectivity index (χ3v) is 5.01. The van der Waals surface area contributed by atoms with Crippen molar-refractivity contribution >= 4 is 7.82 Å². The maximum absolute atomic E-state index is 11.4. The summed E-state index contributed by atoms with van der Waals surface area (Å²) in [4.78, 5) is 12.5. The first-order valence-corrected chi connectivity index (χ1v) is 11.8. The molecule has 0 spiro atoms. The normalized spacial score (nSPS) is 13.1. The fourth-order valence-electron chi connectivity index (χ4n) is 2.35. The number of hydrogen-bond acceptors (Lipinski definition) is 4. The van der Waals surface area contributed by atoms with Gasteiger partial charge in [0.05, 0.1) is 20.7 Å². The maximum atomic E-state index is 11.4. The predicted octanol–water partition coefficient (Wildman–Crippen LogP) is 3.63. The lowest BCUT2D eigenvalue weighted by molar-refractivity contribution is -0.858. The van der Waals surface area contributed by atoms with Crippen LogP contribution < -0.4 is 9.79 Å². The van der Waals surface area contributed by atoms with Crippen LogP contribution in [0.25, 0.3) is 0 Å². The molecule has 27 heavy (non-hydrogen) atoms. The highest BCUT2D eigenvalue weighted by molar-refractivity contribution is 7.45. The fraction of sp³-hybridized carbons (Fsp3) is 0.714. The zero-order valence-corrected chi connectivity index (χ0v) is 18.6. The molecule has 0 aliphatic heterocycles. The molecule has 0 aliphatic rings. The number of unbranched alkanes of at least 4 members (excludes halogenated alkanes) is 5. The fourth-order valence-corrected chi connectivity index (χ4v) is 3.09. The number of phosphoric ester groups is 1. The first kappa shape index (κ1) is 26.3. The average Bonchev–Trinajstić information content (AvgIpc) is 2.63. The Kier molecular flexibility index (Phi) is 16.9. The second-order valence-corrected chi connectivity index (χ2v) is 8.48. The standard InChI is InChI=1S/C13H22NO4P.C8H18/c1-14(2)10-12-18-19(15,16)17-11-6-9-13-7-4-3-5-8-13;1-3-5-7-8-6-4-2/h3-5,7-8H,6,9-12H2,1-2H3,(H,15,16);3-8H2,1-2H3. The highest BCUT2D eigenvalue weighted by Crippen LogP contribution is 2.37. The van der Waals surface area contributed by atoms with Gasteiger partial charge in [0.15, 0.2) is 0 Å². The second kappa shape index (κ2) is 17.4. The Bertz CT molecular complexity index is 476. The number of nitrogens with one attached hydrogen (secondary N) is 1. The van der Waals surface area contributed by atoms with E-state index in [1.54, 1.807) is 0 Å². The third kappa shape index (κ3) is 18.4. The van der Waals surface area contributed by atoms with E-state index in [9.17, 15) is 9.46 Å². The molecule has 5 nitrogen and oxygen atoms in total. The highest BCUT2D eigenvalue weighted by Gasteiger charge is 2.09. The van der Waals surface area contributed by atoms with Crippen molar-refractivity contribution in [1.82, 2.24) is 0 Å². The van der Waals surface area contributed by atoms with E-state index in [4.69, 9.17) is 9.05 Å². The molecule has 0 bridgehead atoms. The van der Waals surface area contributed by atoms with Crippen LogP contribution in [-0.4, -0.2) is 33.9 Å². The molecule has 158 valence electrons. The Balaban J connectivity index is 0.000000713. The number of benzene rings is 1. The van der Waals surface area contributed by atoms with Crippen LogP contribution in [0.1, 0.15) is 64.4 Å². The van der Waals surface area contributed by atoms with E-state index in [-0.39, 0.29) is 13.2 Å². The van der Waals surface area contributed by atoms with E-state index in [0.717, 1.165) is 11.3 Å². The van der Waals surface area contributed by atoms with Gasteiger partial charge in [-0.3, -0.25) is 4.57 Å². The molecular weight excluding hydrogens is 361 g/mol. The molecule has 1 atom stereocenters. The quantitative estimate of drug-likeness (QED) is 0.382. The van der Waals surface area contributed by atoms with Crippen LogP contribution in [-0.2, 0) is 20.0 Å². The number of rotatable bonds is 14. The maximum Gasteiger partial charge on any atom is 0.268 e. The van der Waals surface area contributed by atoms with Crippen LogP contribution in [0.3, 0.4) is 0 Å². The highest BCUT2D eigenvalue weighted by atomic mass is 31.2. The van der Waals surface area contributed by atoms with Crippen molar-refractivity contribution in [2.45, 2.75) is 65.2 Å². The van der Waals surface area contributed by atoms with Gasteiger partial charge in [-0.25, -0.2) is 0 Å². The lowest BCUT2D eigenvalue weighted by Crippen LogP contribution is -3.06. The molecule has 1 aromatic carbocycles. The van der Waals surface area contributed by atoms with Crippen LogP contribution in [0.15, 0.2) is 30.3 Å². The van der Waals surface area contributed by atoms with Crippen molar-refractivity contribution < 1.29 is 23.4 Å². The Morgan fingerprint density at radius 2 is 1.44 bits per heavy atom. The van der Waals surface area contributed by atoms with Gasteiger partial charge in [-0.05, 0) is 18.4 Å². The molecule has 0 radical (unpaired) electrons. The molecule has 0 fully saturated rings. The number of hydrogen-bond donors (Lipinski definition) is 1. The monoisotopic (exact) mass is 401 g/mol. The lowest BCUT2D eigenvalue weighted by atomic mass is 10.1. The molecule has 0 aliphatic carbocycles. The lowest BCUT2D eigenvalue weighted by Gasteiger charge is -2.22. The summed E-state index contributed by atoms with van der Waals surface area (Å²) in [6.07, 6.45) is 9.93. The molecule has 0 heterocycles. The van der Waals surface area contributed by atoms with E-state index in [1.165, 1.54) is 44.1 Å². The van der Waals surface area contributed by atoms with Crippen molar-refractivity contribution in [3.63, 3.8) is 0 Å². The number of aryl methyl sites for hydroxylation is 1. The van der Waals surface area contributed by atoms with Gasteiger partial charge in [0.1, 0.15) is 13.2 Å². The van der Waals surface area contributed by atoms with Gasteiger partial charge in [0, 0.05) is 0 Å². The van der Waals surface area contributed by atoms with Crippen molar-refractivity contribution in [3.05, 3.63) is 35.9 Å². The molecule has 0 aromatic heterocycles. The van der Waals surface area contributed by atoms with Crippen molar-refractivity contribution in [1.29, 1.82) is 0 Å². The Hall–Kier alpha value is -0.710. The van der Waals surface area contributed by atoms with E-state index in [1.807, 2.05) is 44.4 Å². The molecule has 1 rings (SSSR count). The van der Waals surface area contributed by atoms with E-state index in [0.29, 0.717) is 13.0 Å². The smallest absolute Gasteiger partial charge is 0.268 e. The van der Waals surface area contributed by atoms with Gasteiger partial charge in [-0.2, -0.15) is 0 Å². The topological polar surface area (TPSA) is 63.0 Å². The summed E-state index contributed by atoms with van der Waals surface area (Å²) in [5.41, 5.74) is 1.17. The minimum Gasteiger partial charge on any atom is -0.756 e. The largest absolute Gasteiger partial charge is 0.756 e. The van der Waals surface area contributed by atoms with Gasteiger partial charge in [-0.15, -0.1) is 0 Å². The number of phosphoric acid groups is 1. The van der Waals surface area contributed by atoms with Gasteiger partial charge in [0.2, 0.25) is 0 Å². The zero-order chi connectivity index (χ0) is 20.4. The molecule has 0 saturated carbocycles. The summed E-state index contributed by atoms with van der Waals surface area (Å²) in [5.74, 6) is 0. The molecule has 0 saturated heterocycles. The molecule has 1 N–H and O–H groups in total. The third-order valence-electron chi connectivity index (χ3n) is 4.01. The second-order valence-electron chi connectivity index (χ2n) is 7.07. The summed E-state index contributed by atoms with van der Waals surface area (Å²) < 4.78 is 20.9. The van der Waals surface area contributed by atoms with Crippen LogP contribution >= 0.6 is 7.82 Å². The van der Waals surface area contributed by atoms with Crippen LogP contribution in [0, 0.1) is 0 Å². The number of likely N-dealkylation sites (N-methyl/N-ethyl adjacent to an activating group) is 1. The summed E-state index contributed by atoms with van der Waals surface area (Å²) >= 11 is 0. The Morgan fingerprint density at radius 1 is 0.889 bits per heavy atom. The Labute approximate surface area is 166 Å². The summed E-state index contributed by atoms with van der Waals surface area (Å²) in [7, 11) is -0.273. The molecule has 6 heteroatoms. The molecular formula is C21H40NO4P. The van der Waals surface area contributed by atoms with Crippen molar-refractivity contribution in [2.24, 2.45) is 0 Å². The summed E-state index contributed by atoms with van der Waals surface area (Å²) in [6.45, 7) is 5.45. The van der Waals surface area contributed by atoms with Crippen LogP contribution in [0.2, 0.25) is 0 Å². The van der Waals surface area contributed by atoms with E-state index < -0.39 is 7.82 Å². The first-order chi connectivity index (χ1) is 12.9. The van der Waals surface area contributed by atoms with E-state index >= 15 is 0 Å². The zero-order valence-electron chi connectivity index (χ0n) is 17.7. The van der Waals surface area contributed by atoms with Gasteiger partial charge in [-0.1, -0.05) is 82.7 Å². The molecule has 1 unspecified atom stereocenters. The van der Waals surface area contributed by atoms with Gasteiger partial charge in [0.25, 0.3) is 7.82 Å². The van der Waals surface area contributed by atoms with Gasteiger partial charge >= 0.3 is 0 Å². The summed E-state index contributed by atoms with van der Waals surface area (Å²) in [5, 5.41) is 0. The minimum atomic E-state index is -4.13. The predicted molar refractivity (Wildman–Crippen MR) is 111 cm³/mol. The SMILES string of the molecule is CCCCCCCC.C[NH+](C)CCOP(=O)([O-])OCCCc1ccccc1. The van der Waals surface area contributed by atoms with E-state index in [2.05, 4.69) is 13.8 Å². The summed E-state index contributed by atoms with van der Waals surface area (Å²) in [6, 6.07) is 9.88. The van der Waals surface area contributed by atoms with Crippen molar-refractivity contribution in [2.75, 3.05) is 33.9 Å². The molecule has 1 aromatic rings. The van der Waals surface area contributed by atoms with Crippen LogP contribution in [0.4, 0.5) is 0 Å². The minimum absolute atomic E-state index is 0.155. The molecule has 0 amide bonds.